The Kier molecular flexibility index (Phi) is 3.78. The Balaban J connectivity index is 1.92. The topological polar surface area (TPSA) is 35.2 Å². The van der Waals surface area contributed by atoms with Crippen molar-refractivity contribution >= 4 is 29.1 Å². The standard InChI is InChI=1S/C11H14ClNOS/c12-10-6-8(13)3-4-11(10)15-7-9-2-1-5-14-9/h3-4,6,9H,1-2,5,7,13H2. The molecule has 0 bridgehead atoms. The van der Waals surface area contributed by atoms with E-state index in [1.54, 1.807) is 17.8 Å². The van der Waals surface area contributed by atoms with Gasteiger partial charge in [-0.05, 0) is 31.0 Å². The summed E-state index contributed by atoms with van der Waals surface area (Å²) in [6.45, 7) is 0.903. The number of ether oxygens (including phenoxy) is 1. The lowest BCUT2D eigenvalue weighted by Crippen LogP contribution is -2.07. The average molecular weight is 244 g/mol. The Hall–Kier alpha value is -0.380. The summed E-state index contributed by atoms with van der Waals surface area (Å²) in [4.78, 5) is 1.08. The van der Waals surface area contributed by atoms with Gasteiger partial charge in [-0.2, -0.15) is 0 Å². The van der Waals surface area contributed by atoms with Crippen molar-refractivity contribution in [3.63, 3.8) is 0 Å². The van der Waals surface area contributed by atoms with Gasteiger partial charge in [0.1, 0.15) is 0 Å². The van der Waals surface area contributed by atoms with Gasteiger partial charge in [-0.3, -0.25) is 0 Å². The van der Waals surface area contributed by atoms with Crippen LogP contribution in [0.4, 0.5) is 5.69 Å². The minimum atomic E-state index is 0.392. The normalized spacial score (nSPS) is 20.7. The number of anilines is 1. The second kappa shape index (κ2) is 5.10. The smallest absolute Gasteiger partial charge is 0.0669 e. The fourth-order valence-electron chi connectivity index (χ4n) is 1.59. The summed E-state index contributed by atoms with van der Waals surface area (Å²) < 4.78 is 5.55. The molecule has 0 aliphatic carbocycles. The molecule has 1 saturated heterocycles. The number of nitrogens with two attached hydrogens (primary N) is 1. The summed E-state index contributed by atoms with van der Waals surface area (Å²) in [7, 11) is 0. The second-order valence-corrected chi connectivity index (χ2v) is 5.10. The van der Waals surface area contributed by atoms with E-state index in [2.05, 4.69) is 0 Å². The van der Waals surface area contributed by atoms with Crippen LogP contribution >= 0.6 is 23.4 Å². The quantitative estimate of drug-likeness (QED) is 0.654. The van der Waals surface area contributed by atoms with Gasteiger partial charge in [-0.25, -0.2) is 0 Å². The first kappa shape index (κ1) is 11.1. The average Bonchev–Trinajstić information content (AvgIpc) is 2.69. The van der Waals surface area contributed by atoms with Crippen molar-refractivity contribution in [3.05, 3.63) is 23.2 Å². The van der Waals surface area contributed by atoms with Crippen LogP contribution in [0.25, 0.3) is 0 Å². The third kappa shape index (κ3) is 3.03. The zero-order chi connectivity index (χ0) is 10.7. The SMILES string of the molecule is Nc1ccc(SCC2CCCO2)c(Cl)c1. The molecule has 0 aromatic heterocycles. The summed E-state index contributed by atoms with van der Waals surface area (Å²) in [6, 6.07) is 5.64. The van der Waals surface area contributed by atoms with Gasteiger partial charge in [0.2, 0.25) is 0 Å². The van der Waals surface area contributed by atoms with E-state index < -0.39 is 0 Å². The van der Waals surface area contributed by atoms with Crippen molar-refractivity contribution in [2.45, 2.75) is 23.8 Å². The number of rotatable bonds is 3. The Morgan fingerprint density at radius 2 is 2.40 bits per heavy atom. The van der Waals surface area contributed by atoms with E-state index >= 15 is 0 Å². The fraction of sp³-hybridized carbons (Fsp3) is 0.455. The summed E-state index contributed by atoms with van der Waals surface area (Å²) in [6.07, 6.45) is 2.74. The molecule has 4 heteroatoms. The third-order valence-electron chi connectivity index (χ3n) is 2.40. The zero-order valence-electron chi connectivity index (χ0n) is 8.41. The summed E-state index contributed by atoms with van der Waals surface area (Å²) in [5.41, 5.74) is 6.34. The molecule has 0 amide bonds. The molecular formula is C11H14ClNOS. The molecule has 1 unspecified atom stereocenters. The van der Waals surface area contributed by atoms with Gasteiger partial charge in [-0.1, -0.05) is 11.6 Å². The van der Waals surface area contributed by atoms with Gasteiger partial charge in [0.05, 0.1) is 11.1 Å². The molecule has 0 spiro atoms. The van der Waals surface area contributed by atoms with Crippen LogP contribution in [0.3, 0.4) is 0 Å². The molecule has 1 aromatic rings. The molecule has 0 saturated carbocycles. The van der Waals surface area contributed by atoms with Crippen molar-refractivity contribution in [2.24, 2.45) is 0 Å². The number of nitrogen functional groups attached to an aromatic ring is 1. The lowest BCUT2D eigenvalue weighted by molar-refractivity contribution is 0.129. The minimum Gasteiger partial charge on any atom is -0.399 e. The third-order valence-corrected chi connectivity index (χ3v) is 4.03. The van der Waals surface area contributed by atoms with Crippen LogP contribution in [0.15, 0.2) is 23.1 Å². The highest BCUT2D eigenvalue weighted by Crippen LogP contribution is 2.30. The Morgan fingerprint density at radius 1 is 1.53 bits per heavy atom. The number of hydrogen-bond acceptors (Lipinski definition) is 3. The molecule has 15 heavy (non-hydrogen) atoms. The molecule has 2 nitrogen and oxygen atoms in total. The van der Waals surface area contributed by atoms with E-state index in [4.69, 9.17) is 22.1 Å². The number of halogens is 1. The Bertz CT molecular complexity index is 339. The lowest BCUT2D eigenvalue weighted by atomic mass is 10.3. The summed E-state index contributed by atoms with van der Waals surface area (Å²) >= 11 is 7.81. The molecular weight excluding hydrogens is 230 g/mol. The number of thioether (sulfide) groups is 1. The molecule has 2 N–H and O–H groups in total. The molecule has 1 atom stereocenters. The first-order chi connectivity index (χ1) is 7.25. The maximum atomic E-state index is 6.07. The van der Waals surface area contributed by atoms with E-state index in [9.17, 15) is 0 Å². The van der Waals surface area contributed by atoms with Gasteiger partial charge < -0.3 is 10.5 Å². The first-order valence-corrected chi connectivity index (χ1v) is 6.41. The maximum Gasteiger partial charge on any atom is 0.0669 e. The molecule has 1 aliphatic heterocycles. The molecule has 1 aliphatic rings. The van der Waals surface area contributed by atoms with E-state index in [1.165, 1.54) is 12.8 Å². The summed E-state index contributed by atoms with van der Waals surface area (Å²) in [5, 5.41) is 0.734. The van der Waals surface area contributed by atoms with Crippen molar-refractivity contribution in [2.75, 3.05) is 18.1 Å². The van der Waals surface area contributed by atoms with Crippen LogP contribution in [0.1, 0.15) is 12.8 Å². The zero-order valence-corrected chi connectivity index (χ0v) is 9.98. The fourth-order valence-corrected chi connectivity index (χ4v) is 2.93. The van der Waals surface area contributed by atoms with Crippen LogP contribution in [-0.4, -0.2) is 18.5 Å². The van der Waals surface area contributed by atoms with E-state index in [1.807, 2.05) is 12.1 Å². The molecule has 1 aromatic carbocycles. The van der Waals surface area contributed by atoms with E-state index in [-0.39, 0.29) is 0 Å². The molecule has 82 valence electrons. The van der Waals surface area contributed by atoms with Crippen molar-refractivity contribution in [1.29, 1.82) is 0 Å². The van der Waals surface area contributed by atoms with Crippen molar-refractivity contribution in [3.8, 4) is 0 Å². The monoisotopic (exact) mass is 243 g/mol. The van der Waals surface area contributed by atoms with Crippen LogP contribution in [0, 0.1) is 0 Å². The minimum absolute atomic E-state index is 0.392. The number of benzene rings is 1. The highest BCUT2D eigenvalue weighted by atomic mass is 35.5. The van der Waals surface area contributed by atoms with Gasteiger partial charge in [0.25, 0.3) is 0 Å². The molecule has 2 rings (SSSR count). The molecule has 1 fully saturated rings. The highest BCUT2D eigenvalue weighted by Gasteiger charge is 2.16. The predicted molar refractivity (Wildman–Crippen MR) is 65.6 cm³/mol. The predicted octanol–water partition coefficient (Wildman–Crippen LogP) is 3.19. The van der Waals surface area contributed by atoms with Crippen LogP contribution in [0.5, 0.6) is 0 Å². The Labute approximate surface area is 99.1 Å². The van der Waals surface area contributed by atoms with Crippen LogP contribution in [0.2, 0.25) is 5.02 Å². The second-order valence-electron chi connectivity index (χ2n) is 3.64. The van der Waals surface area contributed by atoms with Crippen LogP contribution in [-0.2, 0) is 4.74 Å². The van der Waals surface area contributed by atoms with Crippen molar-refractivity contribution in [1.82, 2.24) is 0 Å². The highest BCUT2D eigenvalue weighted by molar-refractivity contribution is 7.99. The van der Waals surface area contributed by atoms with Gasteiger partial charge in [0.15, 0.2) is 0 Å². The molecule has 1 heterocycles. The Morgan fingerprint density at radius 3 is 3.07 bits per heavy atom. The van der Waals surface area contributed by atoms with E-state index in [0.29, 0.717) is 11.8 Å². The van der Waals surface area contributed by atoms with Gasteiger partial charge >= 0.3 is 0 Å². The maximum absolute atomic E-state index is 6.07. The first-order valence-electron chi connectivity index (χ1n) is 5.05. The van der Waals surface area contributed by atoms with Crippen LogP contribution < -0.4 is 5.73 Å². The lowest BCUT2D eigenvalue weighted by Gasteiger charge is -2.09. The van der Waals surface area contributed by atoms with Gasteiger partial charge in [0, 0.05) is 22.9 Å². The summed E-state index contributed by atoms with van der Waals surface area (Å²) in [5.74, 6) is 0.976. The molecule has 0 radical (unpaired) electrons. The largest absolute Gasteiger partial charge is 0.399 e. The van der Waals surface area contributed by atoms with Gasteiger partial charge in [-0.15, -0.1) is 11.8 Å². The van der Waals surface area contributed by atoms with E-state index in [0.717, 1.165) is 22.3 Å². The number of hydrogen-bond donors (Lipinski definition) is 1. The van der Waals surface area contributed by atoms with Crippen molar-refractivity contribution < 1.29 is 4.74 Å².